The van der Waals surface area contributed by atoms with Crippen LogP contribution in [0.1, 0.15) is 47.2 Å². The smallest absolute Gasteiger partial charge is 0.0713 e. The Morgan fingerprint density at radius 1 is 0.262 bits per heavy atom. The van der Waals surface area contributed by atoms with Crippen molar-refractivity contribution in [2.45, 2.75) is 24.7 Å². The number of nitrogens with zero attached hydrogens (tertiary/aromatic N) is 1. The van der Waals surface area contributed by atoms with Crippen LogP contribution in [0.3, 0.4) is 0 Å². The molecule has 1 heteroatoms. The van der Waals surface area contributed by atoms with Crippen molar-refractivity contribution < 1.29 is 0 Å². The standard InChI is InChI=1S/C64H47N/c1-63(2)59-29-17-15-27-53(59)57-41-52(39-40-60(57)63)65(50-35-31-45(32-36-50)44-19-7-3-8-20-44)51-37-33-47(34-38-51)56-43-62-58(42-55(56)46-21-9-4-10-22-46)54-28-16-18-30-61(54)64(62,48-23-11-5-12-24-48)49-25-13-6-14-26-49/h3-43H,1-2H3. The Hall–Kier alpha value is -8.00. The van der Waals surface area contributed by atoms with Gasteiger partial charge in [0.15, 0.2) is 0 Å². The molecule has 0 atom stereocenters. The van der Waals surface area contributed by atoms with Crippen LogP contribution in [0, 0.1) is 0 Å². The van der Waals surface area contributed by atoms with Gasteiger partial charge in [0.1, 0.15) is 0 Å². The van der Waals surface area contributed by atoms with Crippen LogP contribution >= 0.6 is 0 Å². The molecule has 0 saturated carbocycles. The SMILES string of the molecule is CC1(C)c2ccccc2-c2cc(N(c3ccc(-c4ccccc4)cc3)c3ccc(-c4cc5c(cc4-c4ccccc4)-c4ccccc4C5(c4ccccc4)c4ccccc4)cc3)ccc21. The van der Waals surface area contributed by atoms with E-state index in [-0.39, 0.29) is 5.41 Å². The lowest BCUT2D eigenvalue weighted by Gasteiger charge is -2.34. The van der Waals surface area contributed by atoms with Gasteiger partial charge in [-0.05, 0) is 138 Å². The fourth-order valence-electron chi connectivity index (χ4n) is 11.1. The molecule has 2 aliphatic carbocycles. The molecule has 0 aromatic heterocycles. The van der Waals surface area contributed by atoms with Gasteiger partial charge in [0.2, 0.25) is 0 Å². The summed E-state index contributed by atoms with van der Waals surface area (Å²) in [5.74, 6) is 0. The third-order valence-electron chi connectivity index (χ3n) is 14.2. The predicted molar refractivity (Wildman–Crippen MR) is 272 cm³/mol. The van der Waals surface area contributed by atoms with Crippen LogP contribution < -0.4 is 4.90 Å². The average molecular weight is 830 g/mol. The highest BCUT2D eigenvalue weighted by molar-refractivity contribution is 5.95. The van der Waals surface area contributed by atoms with E-state index in [4.69, 9.17) is 0 Å². The summed E-state index contributed by atoms with van der Waals surface area (Å²) >= 11 is 0. The molecular weight excluding hydrogens is 783 g/mol. The Morgan fingerprint density at radius 2 is 0.662 bits per heavy atom. The van der Waals surface area contributed by atoms with Crippen LogP contribution in [0.4, 0.5) is 17.1 Å². The Balaban J connectivity index is 1.04. The fourth-order valence-corrected chi connectivity index (χ4v) is 11.1. The first-order chi connectivity index (χ1) is 32.0. The van der Waals surface area contributed by atoms with E-state index in [0.717, 1.165) is 17.1 Å². The van der Waals surface area contributed by atoms with Gasteiger partial charge in [0.05, 0.1) is 5.41 Å². The van der Waals surface area contributed by atoms with E-state index in [1.807, 2.05) is 0 Å². The van der Waals surface area contributed by atoms with E-state index in [9.17, 15) is 0 Å². The van der Waals surface area contributed by atoms with Crippen molar-refractivity contribution in [1.82, 2.24) is 0 Å². The largest absolute Gasteiger partial charge is 0.310 e. The topological polar surface area (TPSA) is 3.24 Å². The Kier molecular flexibility index (Phi) is 9.14. The van der Waals surface area contributed by atoms with Crippen LogP contribution in [0.15, 0.2) is 249 Å². The fraction of sp³-hybridized carbons (Fsp3) is 0.0625. The van der Waals surface area contributed by atoms with Crippen LogP contribution in [-0.4, -0.2) is 0 Å². The molecule has 0 heterocycles. The minimum Gasteiger partial charge on any atom is -0.310 e. The third kappa shape index (κ3) is 6.15. The van der Waals surface area contributed by atoms with Gasteiger partial charge < -0.3 is 4.90 Å². The van der Waals surface area contributed by atoms with Gasteiger partial charge in [0, 0.05) is 22.5 Å². The average Bonchev–Trinajstić information content (AvgIpc) is 3.80. The minimum absolute atomic E-state index is 0.0689. The first-order valence-corrected chi connectivity index (χ1v) is 22.8. The second-order valence-corrected chi connectivity index (χ2v) is 18.0. The summed E-state index contributed by atoms with van der Waals surface area (Å²) in [6, 6.07) is 92.0. The zero-order chi connectivity index (χ0) is 43.5. The molecule has 1 nitrogen and oxygen atoms in total. The molecule has 2 aliphatic rings. The van der Waals surface area contributed by atoms with Gasteiger partial charge in [-0.3, -0.25) is 0 Å². The highest BCUT2D eigenvalue weighted by Crippen LogP contribution is 2.58. The lowest BCUT2D eigenvalue weighted by Crippen LogP contribution is -2.28. The highest BCUT2D eigenvalue weighted by atomic mass is 15.1. The minimum atomic E-state index is -0.498. The molecule has 12 rings (SSSR count). The molecule has 10 aromatic carbocycles. The van der Waals surface area contributed by atoms with Crippen LogP contribution in [0.2, 0.25) is 0 Å². The molecule has 0 unspecified atom stereocenters. The van der Waals surface area contributed by atoms with Gasteiger partial charge in [0.25, 0.3) is 0 Å². The van der Waals surface area contributed by atoms with Crippen molar-refractivity contribution in [3.8, 4) is 55.6 Å². The third-order valence-corrected chi connectivity index (χ3v) is 14.2. The Morgan fingerprint density at radius 3 is 1.26 bits per heavy atom. The van der Waals surface area contributed by atoms with Crippen LogP contribution in [-0.2, 0) is 10.8 Å². The van der Waals surface area contributed by atoms with Crippen molar-refractivity contribution in [2.24, 2.45) is 0 Å². The molecule has 0 aliphatic heterocycles. The van der Waals surface area contributed by atoms with Gasteiger partial charge >= 0.3 is 0 Å². The van der Waals surface area contributed by atoms with Crippen molar-refractivity contribution in [2.75, 3.05) is 4.90 Å². The second-order valence-electron chi connectivity index (χ2n) is 18.0. The number of hydrogen-bond donors (Lipinski definition) is 0. The van der Waals surface area contributed by atoms with Crippen molar-refractivity contribution in [1.29, 1.82) is 0 Å². The van der Waals surface area contributed by atoms with Crippen LogP contribution in [0.25, 0.3) is 55.6 Å². The van der Waals surface area contributed by atoms with Crippen molar-refractivity contribution >= 4 is 17.1 Å². The normalized spacial score (nSPS) is 13.6. The molecule has 0 radical (unpaired) electrons. The molecule has 0 saturated heterocycles. The summed E-state index contributed by atoms with van der Waals surface area (Å²) in [7, 11) is 0. The van der Waals surface area contributed by atoms with E-state index in [2.05, 4.69) is 267 Å². The van der Waals surface area contributed by atoms with Gasteiger partial charge in [-0.15, -0.1) is 0 Å². The quantitative estimate of drug-likeness (QED) is 0.147. The molecular formula is C64H47N. The zero-order valence-corrected chi connectivity index (χ0v) is 36.6. The second kappa shape index (κ2) is 15.4. The summed E-state index contributed by atoms with van der Waals surface area (Å²) in [5, 5.41) is 0. The monoisotopic (exact) mass is 829 g/mol. The van der Waals surface area contributed by atoms with Crippen LogP contribution in [0.5, 0.6) is 0 Å². The molecule has 308 valence electrons. The first kappa shape index (κ1) is 38.7. The maximum Gasteiger partial charge on any atom is 0.0713 e. The first-order valence-electron chi connectivity index (χ1n) is 22.8. The summed E-state index contributed by atoms with van der Waals surface area (Å²) in [5.41, 5.74) is 23.1. The summed E-state index contributed by atoms with van der Waals surface area (Å²) in [6.07, 6.45) is 0. The van der Waals surface area contributed by atoms with Crippen molar-refractivity contribution in [3.05, 3.63) is 282 Å². The zero-order valence-electron chi connectivity index (χ0n) is 36.6. The predicted octanol–water partition coefficient (Wildman–Crippen LogP) is 16.8. The lowest BCUT2D eigenvalue weighted by atomic mass is 9.67. The maximum atomic E-state index is 2.51. The Bertz CT molecular complexity index is 3310. The number of benzene rings is 10. The molecule has 0 fully saturated rings. The molecule has 65 heavy (non-hydrogen) atoms. The van der Waals surface area contributed by atoms with E-state index in [1.54, 1.807) is 0 Å². The lowest BCUT2D eigenvalue weighted by molar-refractivity contribution is 0.660. The summed E-state index contributed by atoms with van der Waals surface area (Å²) in [6.45, 7) is 4.70. The van der Waals surface area contributed by atoms with Gasteiger partial charge in [-0.2, -0.15) is 0 Å². The Labute approximate surface area is 382 Å². The molecule has 0 spiro atoms. The molecule has 0 amide bonds. The molecule has 0 bridgehead atoms. The highest BCUT2D eigenvalue weighted by Gasteiger charge is 2.46. The molecule has 10 aromatic rings. The maximum absolute atomic E-state index is 2.51. The molecule has 0 N–H and O–H groups in total. The van der Waals surface area contributed by atoms with E-state index in [1.165, 1.54) is 89.0 Å². The number of hydrogen-bond acceptors (Lipinski definition) is 1. The van der Waals surface area contributed by atoms with E-state index < -0.39 is 5.41 Å². The van der Waals surface area contributed by atoms with Crippen molar-refractivity contribution in [3.63, 3.8) is 0 Å². The number of rotatable bonds is 8. The van der Waals surface area contributed by atoms with Gasteiger partial charge in [-0.1, -0.05) is 214 Å². The summed E-state index contributed by atoms with van der Waals surface area (Å²) in [4.78, 5) is 2.42. The number of anilines is 3. The van der Waals surface area contributed by atoms with E-state index in [0.29, 0.717) is 0 Å². The van der Waals surface area contributed by atoms with E-state index >= 15 is 0 Å². The van der Waals surface area contributed by atoms with Gasteiger partial charge in [-0.25, -0.2) is 0 Å². The summed E-state index contributed by atoms with van der Waals surface area (Å²) < 4.78 is 0. The number of fused-ring (bicyclic) bond motifs is 6.